The first-order valence-electron chi connectivity index (χ1n) is 13.1. The maximum Gasteiger partial charge on any atom is 0.474 e. The zero-order chi connectivity index (χ0) is 27.1. The lowest BCUT2D eigenvalue weighted by atomic mass is 10.0. The van der Waals surface area contributed by atoms with Crippen molar-refractivity contribution < 1.29 is 32.9 Å². The van der Waals surface area contributed by atoms with Crippen LogP contribution in [0.2, 0.25) is 0 Å². The Morgan fingerprint density at radius 3 is 2.39 bits per heavy atom. The lowest BCUT2D eigenvalue weighted by Gasteiger charge is -2.34. The first-order valence-corrected chi connectivity index (χ1v) is 14.6. The topological polar surface area (TPSA) is 146 Å². The van der Waals surface area contributed by atoms with E-state index in [2.05, 4.69) is 25.1 Å². The second-order valence-electron chi connectivity index (χ2n) is 9.95. The van der Waals surface area contributed by atoms with E-state index in [9.17, 15) is 8.96 Å². The number of rotatable bonds is 10. The molecule has 12 nitrogen and oxygen atoms in total. The maximum absolute atomic E-state index is 14.3. The summed E-state index contributed by atoms with van der Waals surface area (Å²) < 4.78 is 35.0. The molecule has 1 aromatic carbocycles. The van der Waals surface area contributed by atoms with Gasteiger partial charge in [-0.05, 0) is 25.0 Å². The zero-order valence-electron chi connectivity index (χ0n) is 21.9. The van der Waals surface area contributed by atoms with Crippen LogP contribution in [0.25, 0.3) is 0 Å². The summed E-state index contributed by atoms with van der Waals surface area (Å²) in [5.41, 5.74) is 0.491. The number of quaternary nitrogens is 1. The Hall–Kier alpha value is -2.57. The van der Waals surface area contributed by atoms with Gasteiger partial charge in [-0.2, -0.15) is 15.0 Å². The van der Waals surface area contributed by atoms with E-state index < -0.39 is 13.6 Å². The molecule has 2 aromatic rings. The largest absolute Gasteiger partial charge is 0.494 e. The van der Waals surface area contributed by atoms with Gasteiger partial charge in [0, 0.05) is 43.7 Å². The highest BCUT2D eigenvalue weighted by Gasteiger charge is 2.29. The van der Waals surface area contributed by atoms with Crippen LogP contribution in [0.5, 0.6) is 5.75 Å². The van der Waals surface area contributed by atoms with E-state index in [4.69, 9.17) is 19.5 Å². The first kappa shape index (κ1) is 28.4. The number of benzene rings is 1. The van der Waals surface area contributed by atoms with E-state index in [0.29, 0.717) is 36.6 Å². The van der Waals surface area contributed by atoms with Gasteiger partial charge in [0.15, 0.2) is 18.3 Å². The minimum Gasteiger partial charge on any atom is -0.494 e. The standard InChI is InChI=1S/C24H37FN7O5P/c1-31(19-11-13-32(14-12-19)16-37-38(33,34)35)24-29-22(26-17-7-5-3-4-6-8-17)28-23(30-24)27-18-9-10-21(36-2)20(25)15-18/h9-10,15,17,19H,3-8,11-14,16H2,1-2H3,(H2,33,34,35)(H2,26,27,28,29,30)/p+1. The molecular formula is C24H38FN7O5P+. The van der Waals surface area contributed by atoms with Crippen molar-refractivity contribution in [1.82, 2.24) is 15.0 Å². The van der Waals surface area contributed by atoms with Crippen LogP contribution in [0.3, 0.4) is 0 Å². The van der Waals surface area contributed by atoms with Gasteiger partial charge in [-0.15, -0.1) is 0 Å². The molecular weight excluding hydrogens is 516 g/mol. The van der Waals surface area contributed by atoms with Crippen LogP contribution in [0.1, 0.15) is 51.4 Å². The lowest BCUT2D eigenvalue weighted by Crippen LogP contribution is -3.13. The van der Waals surface area contributed by atoms with Crippen molar-refractivity contribution in [1.29, 1.82) is 0 Å². The first-order chi connectivity index (χ1) is 18.2. The Labute approximate surface area is 222 Å². The number of ether oxygens (including phenoxy) is 1. The highest BCUT2D eigenvalue weighted by atomic mass is 31.2. The molecule has 0 atom stereocenters. The molecule has 4 rings (SSSR count). The average molecular weight is 555 g/mol. The molecule has 0 bridgehead atoms. The van der Waals surface area contributed by atoms with E-state index in [1.165, 1.54) is 38.9 Å². The molecule has 1 aliphatic heterocycles. The summed E-state index contributed by atoms with van der Waals surface area (Å²) in [6.07, 6.45) is 8.47. The SMILES string of the molecule is COc1ccc(Nc2nc(NC3CCCCCC3)nc(N(C)C3CC[NH+](COP(=O)(O)O)CC3)n2)cc1F. The summed E-state index contributed by atoms with van der Waals surface area (Å²) in [6.45, 7) is 1.36. The Morgan fingerprint density at radius 2 is 1.76 bits per heavy atom. The van der Waals surface area contributed by atoms with Crippen molar-refractivity contribution in [3.05, 3.63) is 24.0 Å². The monoisotopic (exact) mass is 554 g/mol. The van der Waals surface area contributed by atoms with E-state index in [1.54, 1.807) is 12.1 Å². The van der Waals surface area contributed by atoms with E-state index in [1.807, 2.05) is 11.9 Å². The second-order valence-corrected chi connectivity index (χ2v) is 11.2. The van der Waals surface area contributed by atoms with Crippen molar-refractivity contribution in [2.24, 2.45) is 0 Å². The molecule has 5 N–H and O–H groups in total. The summed E-state index contributed by atoms with van der Waals surface area (Å²) in [5.74, 6) is 0.941. The van der Waals surface area contributed by atoms with Gasteiger partial charge in [-0.3, -0.25) is 0 Å². The molecule has 0 amide bonds. The van der Waals surface area contributed by atoms with Crippen molar-refractivity contribution >= 4 is 31.4 Å². The maximum atomic E-state index is 14.3. The number of phosphoric ester groups is 1. The van der Waals surface area contributed by atoms with Gasteiger partial charge in [0.1, 0.15) is 0 Å². The molecule has 38 heavy (non-hydrogen) atoms. The fourth-order valence-electron chi connectivity index (χ4n) is 5.00. The Bertz CT molecular complexity index is 1110. The summed E-state index contributed by atoms with van der Waals surface area (Å²) in [7, 11) is -1.13. The van der Waals surface area contributed by atoms with Gasteiger partial charge in [-0.25, -0.2) is 13.5 Å². The molecule has 1 aliphatic carbocycles. The normalized spacial score (nSPS) is 21.0. The smallest absolute Gasteiger partial charge is 0.474 e. The number of anilines is 4. The molecule has 0 radical (unpaired) electrons. The third kappa shape index (κ3) is 8.21. The number of halogens is 1. The number of hydrogen-bond donors (Lipinski definition) is 5. The molecule has 1 saturated heterocycles. The van der Waals surface area contributed by atoms with Crippen LogP contribution in [0, 0.1) is 5.82 Å². The fraction of sp³-hybridized carbons (Fsp3) is 0.625. The highest BCUT2D eigenvalue weighted by Crippen LogP contribution is 2.34. The number of nitrogens with one attached hydrogen (secondary N) is 3. The van der Waals surface area contributed by atoms with Gasteiger partial charge in [-0.1, -0.05) is 25.7 Å². The van der Waals surface area contributed by atoms with Crippen LogP contribution in [-0.2, 0) is 9.09 Å². The molecule has 2 fully saturated rings. The number of likely N-dealkylation sites (tertiary alicyclic amines) is 1. The fourth-order valence-corrected chi connectivity index (χ4v) is 5.35. The van der Waals surface area contributed by atoms with E-state index in [-0.39, 0.29) is 24.6 Å². The van der Waals surface area contributed by atoms with Crippen LogP contribution < -0.4 is 25.2 Å². The van der Waals surface area contributed by atoms with Crippen molar-refractivity contribution in [3.8, 4) is 5.75 Å². The van der Waals surface area contributed by atoms with Crippen LogP contribution in [0.15, 0.2) is 18.2 Å². The third-order valence-electron chi connectivity index (χ3n) is 7.18. The second kappa shape index (κ2) is 13.0. The summed E-state index contributed by atoms with van der Waals surface area (Å²) in [5, 5.41) is 6.60. The van der Waals surface area contributed by atoms with Crippen LogP contribution in [0.4, 0.5) is 27.9 Å². The molecule has 2 aliphatic rings. The quantitative estimate of drug-likeness (QED) is 0.218. The Morgan fingerprint density at radius 1 is 1.08 bits per heavy atom. The summed E-state index contributed by atoms with van der Waals surface area (Å²) >= 11 is 0. The minimum absolute atomic E-state index is 0.0333. The predicted octanol–water partition coefficient (Wildman–Crippen LogP) is 2.45. The van der Waals surface area contributed by atoms with Gasteiger partial charge in [0.05, 0.1) is 20.2 Å². The van der Waals surface area contributed by atoms with Crippen molar-refractivity contribution in [2.75, 3.05) is 49.5 Å². The number of hydrogen-bond acceptors (Lipinski definition) is 9. The molecule has 0 unspecified atom stereocenters. The molecule has 0 spiro atoms. The number of methoxy groups -OCH3 is 1. The van der Waals surface area contributed by atoms with Gasteiger partial charge < -0.3 is 35.0 Å². The van der Waals surface area contributed by atoms with E-state index in [0.717, 1.165) is 30.6 Å². The van der Waals surface area contributed by atoms with Gasteiger partial charge in [0.2, 0.25) is 17.8 Å². The number of piperidine rings is 1. The van der Waals surface area contributed by atoms with Crippen LogP contribution in [-0.4, -0.2) is 70.8 Å². The van der Waals surface area contributed by atoms with Gasteiger partial charge in [0.25, 0.3) is 0 Å². The minimum atomic E-state index is -4.48. The average Bonchev–Trinajstić information content (AvgIpc) is 3.15. The number of aromatic nitrogens is 3. The number of nitrogens with zero attached hydrogens (tertiary/aromatic N) is 4. The summed E-state index contributed by atoms with van der Waals surface area (Å²) in [4.78, 5) is 34.9. The number of phosphoric acid groups is 1. The molecule has 210 valence electrons. The highest BCUT2D eigenvalue weighted by molar-refractivity contribution is 7.46. The Kier molecular flexibility index (Phi) is 9.72. The predicted molar refractivity (Wildman–Crippen MR) is 141 cm³/mol. The van der Waals surface area contributed by atoms with Gasteiger partial charge >= 0.3 is 7.82 Å². The van der Waals surface area contributed by atoms with E-state index >= 15 is 0 Å². The molecule has 14 heteroatoms. The van der Waals surface area contributed by atoms with Crippen molar-refractivity contribution in [2.45, 2.75) is 63.5 Å². The molecule has 1 aromatic heterocycles. The lowest BCUT2D eigenvalue weighted by molar-refractivity contribution is -0.921. The zero-order valence-corrected chi connectivity index (χ0v) is 22.8. The third-order valence-corrected chi connectivity index (χ3v) is 7.65. The molecule has 2 heterocycles. The Balaban J connectivity index is 1.50. The van der Waals surface area contributed by atoms with Crippen LogP contribution >= 0.6 is 7.82 Å². The summed E-state index contributed by atoms with van der Waals surface area (Å²) in [6, 6.07) is 5.00. The van der Waals surface area contributed by atoms with Crippen molar-refractivity contribution in [3.63, 3.8) is 0 Å². The molecule has 1 saturated carbocycles.